The number of nitrogens with zero attached hydrogens (tertiary/aromatic N) is 1. The zero-order valence-electron chi connectivity index (χ0n) is 17.9. The molecule has 0 saturated heterocycles. The zero-order valence-corrected chi connectivity index (χ0v) is 18.6. The molecule has 3 aromatic rings. The van der Waals surface area contributed by atoms with E-state index in [4.69, 9.17) is 31.5 Å². The van der Waals surface area contributed by atoms with E-state index >= 15 is 0 Å². The van der Waals surface area contributed by atoms with Crippen LogP contribution in [0, 0.1) is 11.3 Å². The minimum Gasteiger partial charge on any atom is -0.482 e. The van der Waals surface area contributed by atoms with Gasteiger partial charge in [0.25, 0.3) is 0 Å². The van der Waals surface area contributed by atoms with E-state index in [9.17, 15) is 10.1 Å². The summed E-state index contributed by atoms with van der Waals surface area (Å²) in [6.07, 6.45) is 0.926. The summed E-state index contributed by atoms with van der Waals surface area (Å²) in [4.78, 5) is 12.3. The molecule has 0 bridgehead atoms. The Hall–Kier alpha value is -3.95. The van der Waals surface area contributed by atoms with Gasteiger partial charge in [-0.1, -0.05) is 54.9 Å². The number of carbonyl (C=O) groups excluding carboxylic acids is 1. The average Bonchev–Trinajstić information content (AvgIpc) is 2.82. The number of esters is 1. The molecule has 0 fully saturated rings. The van der Waals surface area contributed by atoms with Gasteiger partial charge in [-0.05, 0) is 41.8 Å². The summed E-state index contributed by atoms with van der Waals surface area (Å²) >= 11 is 6.40. The number of fused-ring (bicyclic) bond motifs is 1. The number of hydrogen-bond donors (Lipinski definition) is 1. The lowest BCUT2D eigenvalue weighted by molar-refractivity contribution is -0.136. The van der Waals surface area contributed by atoms with E-state index < -0.39 is 11.9 Å². The Bertz CT molecular complexity index is 1260. The normalized spacial score (nSPS) is 14.6. The molecular formula is C26H21ClN2O4. The monoisotopic (exact) mass is 460 g/mol. The number of hydrogen-bond acceptors (Lipinski definition) is 6. The smallest absolute Gasteiger partial charge is 0.349 e. The van der Waals surface area contributed by atoms with Crippen molar-refractivity contribution in [2.24, 2.45) is 5.73 Å². The fourth-order valence-corrected chi connectivity index (χ4v) is 3.90. The number of benzene rings is 3. The molecule has 1 heterocycles. The number of nitrogens with two attached hydrogens (primary N) is 1. The second kappa shape index (κ2) is 9.68. The quantitative estimate of drug-likeness (QED) is 0.406. The summed E-state index contributed by atoms with van der Waals surface area (Å²) in [5.41, 5.74) is 8.91. The third-order valence-corrected chi connectivity index (χ3v) is 5.67. The van der Waals surface area contributed by atoms with E-state index in [2.05, 4.69) is 13.0 Å². The predicted molar refractivity (Wildman–Crippen MR) is 124 cm³/mol. The number of halogens is 1. The van der Waals surface area contributed by atoms with Crippen molar-refractivity contribution in [2.45, 2.75) is 19.3 Å². The van der Waals surface area contributed by atoms with Crippen LogP contribution in [0.1, 0.15) is 29.5 Å². The highest BCUT2D eigenvalue weighted by molar-refractivity contribution is 6.31. The Kier molecular flexibility index (Phi) is 6.53. The summed E-state index contributed by atoms with van der Waals surface area (Å²) in [5, 5.41) is 10.2. The van der Waals surface area contributed by atoms with Crippen LogP contribution in [0.2, 0.25) is 5.02 Å². The molecule has 1 atom stereocenters. The van der Waals surface area contributed by atoms with Crippen molar-refractivity contribution < 1.29 is 19.0 Å². The van der Waals surface area contributed by atoms with Gasteiger partial charge in [-0.25, -0.2) is 4.79 Å². The SMILES string of the molecule is CCc1ccc(OCC(=O)Oc2ccc3c(c2)OC(N)=C(C#N)C3c2ccccc2Cl)cc1. The molecule has 1 aliphatic heterocycles. The third-order valence-electron chi connectivity index (χ3n) is 5.33. The summed E-state index contributed by atoms with van der Waals surface area (Å²) < 4.78 is 16.6. The van der Waals surface area contributed by atoms with Crippen molar-refractivity contribution in [3.63, 3.8) is 0 Å². The molecular weight excluding hydrogens is 440 g/mol. The van der Waals surface area contributed by atoms with Gasteiger partial charge in [0.2, 0.25) is 5.88 Å². The lowest BCUT2D eigenvalue weighted by Gasteiger charge is -2.27. The highest BCUT2D eigenvalue weighted by Gasteiger charge is 2.32. The van der Waals surface area contributed by atoms with E-state index in [1.54, 1.807) is 24.3 Å². The topological polar surface area (TPSA) is 94.6 Å². The molecule has 33 heavy (non-hydrogen) atoms. The van der Waals surface area contributed by atoms with Gasteiger partial charge in [0.15, 0.2) is 6.61 Å². The van der Waals surface area contributed by atoms with Gasteiger partial charge in [0, 0.05) is 16.7 Å². The first-order valence-corrected chi connectivity index (χ1v) is 10.8. The average molecular weight is 461 g/mol. The van der Waals surface area contributed by atoms with E-state index in [-0.39, 0.29) is 23.8 Å². The van der Waals surface area contributed by atoms with Crippen LogP contribution in [0.4, 0.5) is 0 Å². The second-order valence-corrected chi connectivity index (χ2v) is 7.81. The van der Waals surface area contributed by atoms with E-state index in [1.165, 1.54) is 5.56 Å². The largest absolute Gasteiger partial charge is 0.482 e. The van der Waals surface area contributed by atoms with Gasteiger partial charge in [-0.3, -0.25) is 0 Å². The van der Waals surface area contributed by atoms with Crippen LogP contribution < -0.4 is 19.9 Å². The number of rotatable bonds is 6. The first-order chi connectivity index (χ1) is 16.0. The van der Waals surface area contributed by atoms with Crippen LogP contribution in [-0.4, -0.2) is 12.6 Å². The molecule has 0 aromatic heterocycles. The zero-order chi connectivity index (χ0) is 23.4. The van der Waals surface area contributed by atoms with E-state index in [0.717, 1.165) is 12.0 Å². The summed E-state index contributed by atoms with van der Waals surface area (Å²) in [7, 11) is 0. The van der Waals surface area contributed by atoms with Crippen molar-refractivity contribution in [2.75, 3.05) is 6.61 Å². The fraction of sp³-hybridized carbons (Fsp3) is 0.154. The Morgan fingerprint density at radius 1 is 1.09 bits per heavy atom. The Balaban J connectivity index is 1.52. The number of allylic oxidation sites excluding steroid dienone is 1. The van der Waals surface area contributed by atoms with Crippen LogP contribution in [0.3, 0.4) is 0 Å². The van der Waals surface area contributed by atoms with Gasteiger partial charge in [0.05, 0.1) is 5.92 Å². The van der Waals surface area contributed by atoms with Crippen molar-refractivity contribution in [1.29, 1.82) is 5.26 Å². The molecule has 7 heteroatoms. The number of nitriles is 1. The maximum atomic E-state index is 12.3. The van der Waals surface area contributed by atoms with Crippen LogP contribution in [0.25, 0.3) is 0 Å². The minimum absolute atomic E-state index is 0.0164. The summed E-state index contributed by atoms with van der Waals surface area (Å²) in [5.74, 6) is 0.174. The molecule has 0 saturated carbocycles. The summed E-state index contributed by atoms with van der Waals surface area (Å²) in [6, 6.07) is 21.8. The fourth-order valence-electron chi connectivity index (χ4n) is 3.65. The van der Waals surface area contributed by atoms with Crippen molar-refractivity contribution in [1.82, 2.24) is 0 Å². The standard InChI is InChI=1S/C26H21ClN2O4/c1-2-16-7-9-17(10-8-16)31-15-24(30)32-18-11-12-20-23(13-18)33-26(29)21(14-28)25(20)19-5-3-4-6-22(19)27/h3-13,25H,2,15,29H2,1H3. The highest BCUT2D eigenvalue weighted by Crippen LogP contribution is 2.45. The lowest BCUT2D eigenvalue weighted by atomic mass is 9.83. The minimum atomic E-state index is -0.561. The van der Waals surface area contributed by atoms with Crippen molar-refractivity contribution >= 4 is 17.6 Å². The Labute approximate surface area is 196 Å². The van der Waals surface area contributed by atoms with Crippen molar-refractivity contribution in [3.8, 4) is 23.3 Å². The Morgan fingerprint density at radius 3 is 2.52 bits per heavy atom. The molecule has 0 radical (unpaired) electrons. The van der Waals surface area contributed by atoms with E-state index in [1.807, 2.05) is 42.5 Å². The first-order valence-electron chi connectivity index (χ1n) is 10.4. The van der Waals surface area contributed by atoms with Gasteiger partial charge < -0.3 is 19.9 Å². The van der Waals surface area contributed by atoms with Crippen LogP contribution in [-0.2, 0) is 11.2 Å². The van der Waals surface area contributed by atoms with E-state index in [0.29, 0.717) is 22.1 Å². The molecule has 2 N–H and O–H groups in total. The molecule has 166 valence electrons. The maximum absolute atomic E-state index is 12.3. The number of aryl methyl sites for hydroxylation is 1. The predicted octanol–water partition coefficient (Wildman–Crippen LogP) is 5.10. The van der Waals surface area contributed by atoms with Gasteiger partial charge in [-0.2, -0.15) is 5.26 Å². The maximum Gasteiger partial charge on any atom is 0.349 e. The number of carbonyl (C=O) groups is 1. The molecule has 3 aromatic carbocycles. The van der Waals surface area contributed by atoms with Gasteiger partial charge >= 0.3 is 5.97 Å². The van der Waals surface area contributed by atoms with Gasteiger partial charge in [-0.15, -0.1) is 0 Å². The first kappa shape index (κ1) is 22.3. The molecule has 6 nitrogen and oxygen atoms in total. The van der Waals surface area contributed by atoms with Crippen LogP contribution in [0.5, 0.6) is 17.2 Å². The molecule has 1 unspecified atom stereocenters. The molecule has 0 spiro atoms. The second-order valence-electron chi connectivity index (χ2n) is 7.41. The number of ether oxygens (including phenoxy) is 3. The van der Waals surface area contributed by atoms with Gasteiger partial charge in [0.1, 0.15) is 28.9 Å². The molecule has 4 rings (SSSR count). The summed E-state index contributed by atoms with van der Waals surface area (Å²) in [6.45, 7) is 1.82. The Morgan fingerprint density at radius 2 is 1.82 bits per heavy atom. The molecule has 1 aliphatic rings. The van der Waals surface area contributed by atoms with Crippen LogP contribution >= 0.6 is 11.6 Å². The molecule has 0 aliphatic carbocycles. The van der Waals surface area contributed by atoms with Crippen molar-refractivity contribution in [3.05, 3.63) is 99.9 Å². The van der Waals surface area contributed by atoms with Crippen LogP contribution in [0.15, 0.2) is 78.2 Å². The third kappa shape index (κ3) is 4.79. The lowest BCUT2D eigenvalue weighted by Crippen LogP contribution is -2.22. The molecule has 0 amide bonds. The highest BCUT2D eigenvalue weighted by atomic mass is 35.5.